The van der Waals surface area contributed by atoms with Crippen LogP contribution in [-0.2, 0) is 17.9 Å². The molecule has 4 aromatic rings. The number of nitrogens with zero attached hydrogens (tertiary/aromatic N) is 4. The van der Waals surface area contributed by atoms with Gasteiger partial charge in [-0.05, 0) is 30.7 Å². The number of aryl methyl sites for hydroxylation is 1. The van der Waals surface area contributed by atoms with Crippen LogP contribution in [0, 0.1) is 5.82 Å². The molecule has 2 aromatic heterocycles. The fourth-order valence-corrected chi connectivity index (χ4v) is 3.28. The molecule has 2 heterocycles. The number of hydrogen-bond donors (Lipinski definition) is 1. The molecule has 1 amide bonds. The molecule has 1 N–H and O–H groups in total. The van der Waals surface area contributed by atoms with Crippen molar-refractivity contribution in [3.8, 4) is 0 Å². The van der Waals surface area contributed by atoms with E-state index in [2.05, 4.69) is 10.4 Å². The molecule has 0 unspecified atom stereocenters. The molecule has 8 nitrogen and oxygen atoms in total. The minimum atomic E-state index is -0.602. The van der Waals surface area contributed by atoms with E-state index in [4.69, 9.17) is 0 Å². The first-order valence-electron chi connectivity index (χ1n) is 9.16. The molecule has 0 fully saturated rings. The van der Waals surface area contributed by atoms with E-state index in [-0.39, 0.29) is 17.0 Å². The lowest BCUT2D eigenvalue weighted by molar-refractivity contribution is -0.117. The number of rotatable bonds is 5. The Balaban J connectivity index is 1.81. The topological polar surface area (TPSA) is 90.4 Å². The first-order valence-corrected chi connectivity index (χ1v) is 9.16. The second kappa shape index (κ2) is 7.34. The zero-order valence-corrected chi connectivity index (χ0v) is 15.6. The van der Waals surface area contributed by atoms with Gasteiger partial charge in [0.05, 0.1) is 16.6 Å². The van der Waals surface area contributed by atoms with Crippen LogP contribution in [0.2, 0.25) is 0 Å². The van der Waals surface area contributed by atoms with Crippen LogP contribution in [-0.4, -0.2) is 24.7 Å². The van der Waals surface area contributed by atoms with Crippen LogP contribution in [0.3, 0.4) is 0 Å². The molecule has 0 radical (unpaired) electrons. The highest BCUT2D eigenvalue weighted by Crippen LogP contribution is 2.13. The molecule has 4 rings (SSSR count). The number of benzene rings is 2. The molecule has 0 aliphatic heterocycles. The number of amides is 1. The molecular formula is C20H18FN5O3. The van der Waals surface area contributed by atoms with Crippen molar-refractivity contribution in [3.05, 3.63) is 75.2 Å². The number of nitrogens with one attached hydrogen (secondary N) is 1. The zero-order chi connectivity index (χ0) is 20.5. The number of aromatic nitrogens is 4. The summed E-state index contributed by atoms with van der Waals surface area (Å²) >= 11 is 0. The van der Waals surface area contributed by atoms with Crippen LogP contribution in [0.1, 0.15) is 13.3 Å². The van der Waals surface area contributed by atoms with Gasteiger partial charge in [-0.2, -0.15) is 0 Å². The lowest BCUT2D eigenvalue weighted by Gasteiger charge is -2.07. The summed E-state index contributed by atoms with van der Waals surface area (Å²) in [7, 11) is 0. The second-order valence-electron chi connectivity index (χ2n) is 6.58. The predicted octanol–water partition coefficient (Wildman–Crippen LogP) is 2.00. The maximum atomic E-state index is 13.8. The molecular weight excluding hydrogens is 377 g/mol. The Morgan fingerprint density at radius 3 is 2.59 bits per heavy atom. The summed E-state index contributed by atoms with van der Waals surface area (Å²) in [5.41, 5.74) is -0.360. The number of anilines is 1. The molecule has 0 atom stereocenters. The van der Waals surface area contributed by atoms with E-state index in [1.807, 2.05) is 6.92 Å². The Bertz CT molecular complexity index is 1350. The van der Waals surface area contributed by atoms with Crippen LogP contribution in [0.4, 0.5) is 10.1 Å². The van der Waals surface area contributed by atoms with E-state index in [0.29, 0.717) is 23.9 Å². The summed E-state index contributed by atoms with van der Waals surface area (Å²) < 4.78 is 17.5. The van der Waals surface area contributed by atoms with Gasteiger partial charge < -0.3 is 5.32 Å². The average molecular weight is 395 g/mol. The van der Waals surface area contributed by atoms with Crippen molar-refractivity contribution < 1.29 is 9.18 Å². The fourth-order valence-electron chi connectivity index (χ4n) is 3.28. The van der Waals surface area contributed by atoms with E-state index in [1.54, 1.807) is 30.3 Å². The van der Waals surface area contributed by atoms with Gasteiger partial charge in [0.2, 0.25) is 11.7 Å². The zero-order valence-electron chi connectivity index (χ0n) is 15.6. The Morgan fingerprint density at radius 1 is 1.10 bits per heavy atom. The van der Waals surface area contributed by atoms with Gasteiger partial charge in [0.1, 0.15) is 12.4 Å². The van der Waals surface area contributed by atoms with E-state index in [0.717, 1.165) is 4.68 Å². The summed E-state index contributed by atoms with van der Waals surface area (Å²) in [6.45, 7) is 1.88. The first-order chi connectivity index (χ1) is 14.0. The summed E-state index contributed by atoms with van der Waals surface area (Å²) in [4.78, 5) is 38.1. The van der Waals surface area contributed by atoms with E-state index in [1.165, 1.54) is 27.2 Å². The lowest BCUT2D eigenvalue weighted by Crippen LogP contribution is -2.29. The maximum absolute atomic E-state index is 13.8. The molecule has 0 aliphatic carbocycles. The predicted molar refractivity (Wildman–Crippen MR) is 107 cm³/mol. The number of fused-ring (bicyclic) bond motifs is 3. The van der Waals surface area contributed by atoms with Crippen LogP contribution >= 0.6 is 0 Å². The van der Waals surface area contributed by atoms with Crippen molar-refractivity contribution in [3.63, 3.8) is 0 Å². The Labute approximate surface area is 163 Å². The van der Waals surface area contributed by atoms with Crippen LogP contribution in [0.5, 0.6) is 0 Å². The first kappa shape index (κ1) is 18.6. The van der Waals surface area contributed by atoms with Crippen molar-refractivity contribution in [2.24, 2.45) is 0 Å². The van der Waals surface area contributed by atoms with Crippen LogP contribution in [0.15, 0.2) is 58.1 Å². The fraction of sp³-hybridized carbons (Fsp3) is 0.200. The smallest absolute Gasteiger partial charge is 0.322 e. The van der Waals surface area contributed by atoms with Gasteiger partial charge in [-0.3, -0.25) is 14.2 Å². The van der Waals surface area contributed by atoms with Crippen LogP contribution in [0.25, 0.3) is 16.7 Å². The number of hydrogen-bond acceptors (Lipinski definition) is 4. The molecule has 0 spiro atoms. The average Bonchev–Trinajstić information content (AvgIpc) is 3.03. The highest BCUT2D eigenvalue weighted by molar-refractivity contribution is 5.90. The van der Waals surface area contributed by atoms with E-state index < -0.39 is 24.0 Å². The van der Waals surface area contributed by atoms with Gasteiger partial charge in [0, 0.05) is 6.54 Å². The molecule has 0 saturated carbocycles. The summed E-state index contributed by atoms with van der Waals surface area (Å²) in [5, 5.41) is 7.04. The normalized spacial score (nSPS) is 11.2. The maximum Gasteiger partial charge on any atom is 0.352 e. The molecule has 2 aromatic carbocycles. The van der Waals surface area contributed by atoms with Crippen molar-refractivity contribution in [2.45, 2.75) is 26.4 Å². The number of para-hydroxylation sites is 2. The third-order valence-electron chi connectivity index (χ3n) is 4.57. The van der Waals surface area contributed by atoms with Crippen molar-refractivity contribution in [1.29, 1.82) is 0 Å². The SMILES string of the molecule is CCCn1c(=O)c2ccccc2n2c(=O)n(CC(=O)Nc3ccccc3F)nc12. The summed E-state index contributed by atoms with van der Waals surface area (Å²) in [5.74, 6) is -1.01. The number of carbonyl (C=O) groups is 1. The van der Waals surface area contributed by atoms with Crippen LogP contribution < -0.4 is 16.6 Å². The monoisotopic (exact) mass is 395 g/mol. The highest BCUT2D eigenvalue weighted by atomic mass is 19.1. The number of halogens is 1. The standard InChI is InChI=1S/C20H18FN5O3/c1-2-11-24-18(28)13-7-3-6-10-16(13)26-19(24)23-25(20(26)29)12-17(27)22-15-9-5-4-8-14(15)21/h3-10H,2,11-12H2,1H3,(H,22,27). The van der Waals surface area contributed by atoms with Crippen molar-refractivity contribution in [2.75, 3.05) is 5.32 Å². The molecule has 0 aliphatic rings. The Hall–Kier alpha value is -3.75. The minimum Gasteiger partial charge on any atom is -0.322 e. The van der Waals surface area contributed by atoms with Crippen molar-refractivity contribution >= 4 is 28.3 Å². The molecule has 0 saturated heterocycles. The van der Waals surface area contributed by atoms with Gasteiger partial charge in [0.25, 0.3) is 5.56 Å². The van der Waals surface area contributed by atoms with Crippen molar-refractivity contribution in [1.82, 2.24) is 18.7 Å². The highest BCUT2D eigenvalue weighted by Gasteiger charge is 2.18. The van der Waals surface area contributed by atoms with Gasteiger partial charge in [-0.1, -0.05) is 31.2 Å². The van der Waals surface area contributed by atoms with E-state index >= 15 is 0 Å². The summed E-state index contributed by atoms with van der Waals surface area (Å²) in [6.07, 6.45) is 0.669. The van der Waals surface area contributed by atoms with Gasteiger partial charge in [0.15, 0.2) is 0 Å². The summed E-state index contributed by atoms with van der Waals surface area (Å²) in [6, 6.07) is 12.5. The lowest BCUT2D eigenvalue weighted by atomic mass is 10.2. The third-order valence-corrected chi connectivity index (χ3v) is 4.57. The molecule has 0 bridgehead atoms. The Kier molecular flexibility index (Phi) is 4.71. The largest absolute Gasteiger partial charge is 0.352 e. The minimum absolute atomic E-state index is 0.0163. The van der Waals surface area contributed by atoms with Gasteiger partial charge in [-0.25, -0.2) is 18.3 Å². The Morgan fingerprint density at radius 2 is 1.83 bits per heavy atom. The quantitative estimate of drug-likeness (QED) is 0.560. The second-order valence-corrected chi connectivity index (χ2v) is 6.58. The van der Waals surface area contributed by atoms with E-state index in [9.17, 15) is 18.8 Å². The van der Waals surface area contributed by atoms with Gasteiger partial charge >= 0.3 is 5.69 Å². The van der Waals surface area contributed by atoms with Gasteiger partial charge in [-0.15, -0.1) is 5.10 Å². The molecule has 9 heteroatoms. The third kappa shape index (κ3) is 3.20. The molecule has 29 heavy (non-hydrogen) atoms. The molecule has 148 valence electrons. The number of carbonyl (C=O) groups excluding carboxylic acids is 1.